The molecule has 1 heterocycles. The summed E-state index contributed by atoms with van der Waals surface area (Å²) in [5.74, 6) is -0.491. The molecule has 0 saturated carbocycles. The third-order valence-corrected chi connectivity index (χ3v) is 2.21. The van der Waals surface area contributed by atoms with Gasteiger partial charge in [0.2, 0.25) is 0 Å². The summed E-state index contributed by atoms with van der Waals surface area (Å²) in [6.07, 6.45) is 0.674. The van der Waals surface area contributed by atoms with Gasteiger partial charge in [0.1, 0.15) is 5.76 Å². The van der Waals surface area contributed by atoms with Crippen LogP contribution < -0.4 is 5.32 Å². The van der Waals surface area contributed by atoms with E-state index in [0.717, 1.165) is 0 Å². The van der Waals surface area contributed by atoms with Crippen LogP contribution in [0.3, 0.4) is 0 Å². The van der Waals surface area contributed by atoms with Crippen LogP contribution in [0.1, 0.15) is 23.2 Å². The molecule has 1 aromatic rings. The van der Waals surface area contributed by atoms with E-state index in [-0.39, 0.29) is 5.76 Å². The minimum absolute atomic E-state index is 0.101. The summed E-state index contributed by atoms with van der Waals surface area (Å²) in [6, 6.07) is 2.11. The van der Waals surface area contributed by atoms with Crippen molar-refractivity contribution in [2.75, 3.05) is 13.7 Å². The van der Waals surface area contributed by atoms with Crippen molar-refractivity contribution in [1.82, 2.24) is 5.32 Å². The number of aryl methyl sites for hydroxylation is 1. The quantitative estimate of drug-likeness (QED) is 0.714. The average molecular weight is 241 g/mol. The van der Waals surface area contributed by atoms with Gasteiger partial charge >= 0.3 is 5.97 Å². The number of amides is 1. The molecule has 0 aliphatic heterocycles. The SMILES string of the molecule is CCc1ccc(C(=O)NC(CO)C(=O)OC)o1. The van der Waals surface area contributed by atoms with Gasteiger partial charge in [0.15, 0.2) is 11.8 Å². The molecule has 6 nitrogen and oxygen atoms in total. The lowest BCUT2D eigenvalue weighted by Gasteiger charge is -2.12. The molecule has 2 N–H and O–H groups in total. The zero-order chi connectivity index (χ0) is 12.8. The summed E-state index contributed by atoms with van der Waals surface area (Å²) in [4.78, 5) is 22.8. The maximum Gasteiger partial charge on any atom is 0.330 e. The van der Waals surface area contributed by atoms with E-state index in [1.165, 1.54) is 13.2 Å². The van der Waals surface area contributed by atoms with E-state index in [4.69, 9.17) is 9.52 Å². The first-order valence-electron chi connectivity index (χ1n) is 5.20. The van der Waals surface area contributed by atoms with Gasteiger partial charge in [-0.3, -0.25) is 4.79 Å². The Morgan fingerprint density at radius 3 is 2.71 bits per heavy atom. The number of methoxy groups -OCH3 is 1. The van der Waals surface area contributed by atoms with E-state index in [9.17, 15) is 9.59 Å². The number of nitrogens with one attached hydrogen (secondary N) is 1. The zero-order valence-corrected chi connectivity index (χ0v) is 9.73. The van der Waals surface area contributed by atoms with Gasteiger partial charge in [-0.1, -0.05) is 6.92 Å². The fourth-order valence-corrected chi connectivity index (χ4v) is 1.24. The fraction of sp³-hybridized carbons (Fsp3) is 0.455. The molecule has 17 heavy (non-hydrogen) atoms. The molecular formula is C11H15NO5. The third-order valence-electron chi connectivity index (χ3n) is 2.21. The second kappa shape index (κ2) is 6.05. The molecule has 0 saturated heterocycles. The molecule has 0 spiro atoms. The van der Waals surface area contributed by atoms with Gasteiger partial charge < -0.3 is 19.6 Å². The monoisotopic (exact) mass is 241 g/mol. The molecule has 0 aromatic carbocycles. The largest absolute Gasteiger partial charge is 0.467 e. The van der Waals surface area contributed by atoms with Crippen LogP contribution >= 0.6 is 0 Å². The number of hydrogen-bond donors (Lipinski definition) is 2. The number of hydrogen-bond acceptors (Lipinski definition) is 5. The van der Waals surface area contributed by atoms with E-state index >= 15 is 0 Å². The number of carbonyl (C=O) groups is 2. The molecule has 1 rings (SSSR count). The molecule has 1 aromatic heterocycles. The topological polar surface area (TPSA) is 88.8 Å². The molecule has 1 amide bonds. The first-order chi connectivity index (χ1) is 8.12. The van der Waals surface area contributed by atoms with Crippen LogP contribution in [0.2, 0.25) is 0 Å². The lowest BCUT2D eigenvalue weighted by molar-refractivity contribution is -0.143. The van der Waals surface area contributed by atoms with Gasteiger partial charge in [0.05, 0.1) is 13.7 Å². The number of esters is 1. The summed E-state index contributed by atoms with van der Waals surface area (Å²) in [6.45, 7) is 1.37. The standard InChI is InChI=1S/C11H15NO5/c1-3-7-4-5-9(17-7)10(14)12-8(6-13)11(15)16-2/h4-5,8,13H,3,6H2,1-2H3,(H,12,14). The van der Waals surface area contributed by atoms with Crippen LogP contribution in [0.5, 0.6) is 0 Å². The van der Waals surface area contributed by atoms with E-state index in [1.54, 1.807) is 6.07 Å². The van der Waals surface area contributed by atoms with Crippen molar-refractivity contribution in [3.05, 3.63) is 23.7 Å². The highest BCUT2D eigenvalue weighted by Gasteiger charge is 2.22. The second-order valence-corrected chi connectivity index (χ2v) is 3.35. The van der Waals surface area contributed by atoms with Crippen molar-refractivity contribution in [2.24, 2.45) is 0 Å². The lowest BCUT2D eigenvalue weighted by atomic mass is 10.3. The Kier molecular flexibility index (Phi) is 4.71. The maximum absolute atomic E-state index is 11.6. The first kappa shape index (κ1) is 13.2. The summed E-state index contributed by atoms with van der Waals surface area (Å²) in [5.41, 5.74) is 0. The van der Waals surface area contributed by atoms with Gasteiger partial charge in [-0.05, 0) is 12.1 Å². The molecule has 0 radical (unpaired) electrons. The van der Waals surface area contributed by atoms with Gasteiger partial charge in [-0.25, -0.2) is 4.79 Å². The zero-order valence-electron chi connectivity index (χ0n) is 9.73. The summed E-state index contributed by atoms with van der Waals surface area (Å²) in [5, 5.41) is 11.2. The molecule has 0 aliphatic carbocycles. The molecule has 6 heteroatoms. The summed E-state index contributed by atoms with van der Waals surface area (Å²) in [7, 11) is 1.18. The minimum atomic E-state index is -1.08. The van der Waals surface area contributed by atoms with Crippen molar-refractivity contribution in [2.45, 2.75) is 19.4 Å². The van der Waals surface area contributed by atoms with Crippen molar-refractivity contribution in [3.63, 3.8) is 0 Å². The van der Waals surface area contributed by atoms with Crippen LogP contribution in [-0.4, -0.2) is 36.7 Å². The fourth-order valence-electron chi connectivity index (χ4n) is 1.24. The van der Waals surface area contributed by atoms with E-state index < -0.39 is 24.5 Å². The molecule has 1 atom stereocenters. The van der Waals surface area contributed by atoms with E-state index in [1.807, 2.05) is 6.92 Å². The molecular weight excluding hydrogens is 226 g/mol. The average Bonchev–Trinajstić information content (AvgIpc) is 2.83. The van der Waals surface area contributed by atoms with Crippen LogP contribution in [0, 0.1) is 0 Å². The van der Waals surface area contributed by atoms with Crippen molar-refractivity contribution >= 4 is 11.9 Å². The lowest BCUT2D eigenvalue weighted by Crippen LogP contribution is -2.43. The number of furan rings is 1. The molecule has 1 unspecified atom stereocenters. The van der Waals surface area contributed by atoms with E-state index in [0.29, 0.717) is 12.2 Å². The third kappa shape index (κ3) is 3.32. The van der Waals surface area contributed by atoms with Gasteiger partial charge in [-0.2, -0.15) is 0 Å². The van der Waals surface area contributed by atoms with Crippen LogP contribution in [0.15, 0.2) is 16.5 Å². The second-order valence-electron chi connectivity index (χ2n) is 3.35. The predicted octanol–water partition coefficient (Wildman–Crippen LogP) is 0.106. The Bertz CT molecular complexity index is 398. The molecule has 94 valence electrons. The Labute approximate surface area is 98.6 Å². The Morgan fingerprint density at radius 2 is 2.24 bits per heavy atom. The molecule has 0 bridgehead atoms. The smallest absolute Gasteiger partial charge is 0.330 e. The van der Waals surface area contributed by atoms with Crippen molar-refractivity contribution < 1.29 is 23.8 Å². The highest BCUT2D eigenvalue weighted by atomic mass is 16.5. The molecule has 0 fully saturated rings. The van der Waals surface area contributed by atoms with Crippen LogP contribution in [0.25, 0.3) is 0 Å². The minimum Gasteiger partial charge on any atom is -0.467 e. The summed E-state index contributed by atoms with van der Waals surface area (Å²) >= 11 is 0. The predicted molar refractivity (Wildman–Crippen MR) is 58.4 cm³/mol. The first-order valence-corrected chi connectivity index (χ1v) is 5.20. The highest BCUT2D eigenvalue weighted by Crippen LogP contribution is 2.08. The number of ether oxygens (including phenoxy) is 1. The number of aliphatic hydroxyl groups excluding tert-OH is 1. The summed E-state index contributed by atoms with van der Waals surface area (Å²) < 4.78 is 9.63. The number of carbonyl (C=O) groups excluding carboxylic acids is 2. The maximum atomic E-state index is 11.6. The van der Waals surface area contributed by atoms with Crippen LogP contribution in [-0.2, 0) is 16.0 Å². The highest BCUT2D eigenvalue weighted by molar-refractivity contribution is 5.94. The van der Waals surface area contributed by atoms with Crippen molar-refractivity contribution in [1.29, 1.82) is 0 Å². The van der Waals surface area contributed by atoms with Crippen LogP contribution in [0.4, 0.5) is 0 Å². The van der Waals surface area contributed by atoms with Crippen molar-refractivity contribution in [3.8, 4) is 0 Å². The van der Waals surface area contributed by atoms with Gasteiger partial charge in [0.25, 0.3) is 5.91 Å². The molecule has 0 aliphatic rings. The normalized spacial score (nSPS) is 11.9. The van der Waals surface area contributed by atoms with E-state index in [2.05, 4.69) is 10.1 Å². The van der Waals surface area contributed by atoms with Gasteiger partial charge in [0, 0.05) is 6.42 Å². The Hall–Kier alpha value is -1.82. The number of rotatable bonds is 5. The Morgan fingerprint density at radius 1 is 1.53 bits per heavy atom. The van der Waals surface area contributed by atoms with Gasteiger partial charge in [-0.15, -0.1) is 0 Å². The number of aliphatic hydroxyl groups is 1. The Balaban J connectivity index is 2.67.